The van der Waals surface area contributed by atoms with Crippen LogP contribution in [0.3, 0.4) is 0 Å². The van der Waals surface area contributed by atoms with Gasteiger partial charge in [-0.15, -0.1) is 0 Å². The molecule has 0 aromatic heterocycles. The molecular formula is C16H17NO2. The largest absolute Gasteiger partial charge is 0.491 e. The molecule has 1 N–H and O–H groups in total. The number of para-hydroxylation sites is 2. The first-order valence-corrected chi connectivity index (χ1v) is 6.36. The molecule has 0 atom stereocenters. The zero-order valence-corrected chi connectivity index (χ0v) is 10.7. The molecule has 0 fully saturated rings. The summed E-state index contributed by atoms with van der Waals surface area (Å²) in [5.41, 5.74) is 2.02. The number of anilines is 1. The molecule has 19 heavy (non-hydrogen) atoms. The summed E-state index contributed by atoms with van der Waals surface area (Å²) < 4.78 is 5.69. The molecule has 0 saturated carbocycles. The molecule has 0 aliphatic rings. The van der Waals surface area contributed by atoms with Crippen LogP contribution in [0, 0.1) is 0 Å². The van der Waals surface area contributed by atoms with E-state index in [4.69, 9.17) is 4.74 Å². The lowest BCUT2D eigenvalue weighted by Gasteiger charge is -2.10. The standard InChI is InChI=1S/C16H17NO2/c18-13-17-15-10-4-5-11-16(15)19-12-6-9-14-7-2-1-3-8-14/h1-5,7-8,10-11,13H,6,9,12H2,(H,17,18). The van der Waals surface area contributed by atoms with Gasteiger partial charge < -0.3 is 10.1 Å². The third-order valence-electron chi connectivity index (χ3n) is 2.81. The van der Waals surface area contributed by atoms with Gasteiger partial charge in [-0.3, -0.25) is 4.79 Å². The van der Waals surface area contributed by atoms with Gasteiger partial charge in [0.25, 0.3) is 0 Å². The molecule has 0 spiro atoms. The first-order valence-electron chi connectivity index (χ1n) is 6.36. The summed E-state index contributed by atoms with van der Waals surface area (Å²) in [5, 5.41) is 2.63. The van der Waals surface area contributed by atoms with Crippen LogP contribution in [0.4, 0.5) is 5.69 Å². The number of nitrogens with one attached hydrogen (secondary N) is 1. The number of carbonyl (C=O) groups is 1. The number of hydrogen-bond acceptors (Lipinski definition) is 2. The Bertz CT molecular complexity index is 511. The summed E-state index contributed by atoms with van der Waals surface area (Å²) in [5.74, 6) is 0.711. The van der Waals surface area contributed by atoms with E-state index in [-0.39, 0.29) is 0 Å². The van der Waals surface area contributed by atoms with Gasteiger partial charge in [-0.2, -0.15) is 0 Å². The Kier molecular flexibility index (Phi) is 4.99. The fourth-order valence-corrected chi connectivity index (χ4v) is 1.88. The fraction of sp³-hybridized carbons (Fsp3) is 0.188. The third kappa shape index (κ3) is 4.14. The number of carbonyl (C=O) groups excluding carboxylic acids is 1. The van der Waals surface area contributed by atoms with Crippen LogP contribution >= 0.6 is 0 Å². The van der Waals surface area contributed by atoms with Crippen molar-refractivity contribution >= 4 is 12.1 Å². The van der Waals surface area contributed by atoms with Crippen molar-refractivity contribution in [2.45, 2.75) is 12.8 Å². The van der Waals surface area contributed by atoms with Crippen molar-refractivity contribution in [3.63, 3.8) is 0 Å². The van der Waals surface area contributed by atoms with Crippen molar-refractivity contribution in [1.29, 1.82) is 0 Å². The fourth-order valence-electron chi connectivity index (χ4n) is 1.88. The molecule has 2 rings (SSSR count). The minimum atomic E-state index is 0.631. The van der Waals surface area contributed by atoms with Crippen LogP contribution in [-0.4, -0.2) is 13.0 Å². The second-order valence-corrected chi connectivity index (χ2v) is 4.20. The molecule has 0 aliphatic carbocycles. The van der Waals surface area contributed by atoms with Crippen LogP contribution in [0.25, 0.3) is 0 Å². The molecular weight excluding hydrogens is 238 g/mol. The van der Waals surface area contributed by atoms with Crippen molar-refractivity contribution in [2.75, 3.05) is 11.9 Å². The second-order valence-electron chi connectivity index (χ2n) is 4.20. The van der Waals surface area contributed by atoms with E-state index in [0.717, 1.165) is 12.8 Å². The minimum absolute atomic E-state index is 0.631. The van der Waals surface area contributed by atoms with Gasteiger partial charge in [0, 0.05) is 0 Å². The maximum atomic E-state index is 10.5. The van der Waals surface area contributed by atoms with E-state index in [1.54, 1.807) is 0 Å². The molecule has 0 heterocycles. The highest BCUT2D eigenvalue weighted by Crippen LogP contribution is 2.23. The molecule has 0 aliphatic heterocycles. The van der Waals surface area contributed by atoms with E-state index < -0.39 is 0 Å². The number of aryl methyl sites for hydroxylation is 1. The van der Waals surface area contributed by atoms with Crippen LogP contribution in [0.1, 0.15) is 12.0 Å². The molecule has 0 bridgehead atoms. The average Bonchev–Trinajstić information content (AvgIpc) is 2.47. The molecule has 0 saturated heterocycles. The Morgan fingerprint density at radius 3 is 2.53 bits per heavy atom. The zero-order valence-electron chi connectivity index (χ0n) is 10.7. The van der Waals surface area contributed by atoms with Crippen LogP contribution in [0.2, 0.25) is 0 Å². The van der Waals surface area contributed by atoms with E-state index in [1.807, 2.05) is 42.5 Å². The van der Waals surface area contributed by atoms with Crippen molar-refractivity contribution in [3.8, 4) is 5.75 Å². The number of ether oxygens (including phenoxy) is 1. The predicted molar refractivity (Wildman–Crippen MR) is 76.4 cm³/mol. The van der Waals surface area contributed by atoms with Gasteiger partial charge in [0.1, 0.15) is 5.75 Å². The van der Waals surface area contributed by atoms with Gasteiger partial charge in [-0.05, 0) is 30.5 Å². The predicted octanol–water partition coefficient (Wildman–Crippen LogP) is 3.27. The average molecular weight is 255 g/mol. The minimum Gasteiger partial charge on any atom is -0.491 e. The van der Waals surface area contributed by atoms with Crippen LogP contribution in [-0.2, 0) is 11.2 Å². The maximum Gasteiger partial charge on any atom is 0.211 e. The highest BCUT2D eigenvalue weighted by atomic mass is 16.5. The van der Waals surface area contributed by atoms with Crippen molar-refractivity contribution in [2.24, 2.45) is 0 Å². The van der Waals surface area contributed by atoms with E-state index in [1.165, 1.54) is 5.56 Å². The Balaban J connectivity index is 1.81. The molecule has 0 radical (unpaired) electrons. The summed E-state index contributed by atoms with van der Waals surface area (Å²) >= 11 is 0. The maximum absolute atomic E-state index is 10.5. The van der Waals surface area contributed by atoms with Crippen molar-refractivity contribution in [3.05, 3.63) is 60.2 Å². The van der Waals surface area contributed by atoms with Crippen molar-refractivity contribution < 1.29 is 9.53 Å². The summed E-state index contributed by atoms with van der Waals surface area (Å²) in [7, 11) is 0. The smallest absolute Gasteiger partial charge is 0.211 e. The van der Waals surface area contributed by atoms with E-state index in [2.05, 4.69) is 17.4 Å². The van der Waals surface area contributed by atoms with Gasteiger partial charge in [0.05, 0.1) is 12.3 Å². The van der Waals surface area contributed by atoms with E-state index >= 15 is 0 Å². The molecule has 1 amide bonds. The molecule has 2 aromatic rings. The number of hydrogen-bond donors (Lipinski definition) is 1. The van der Waals surface area contributed by atoms with Crippen LogP contribution in [0.15, 0.2) is 54.6 Å². The summed E-state index contributed by atoms with van der Waals surface area (Å²) in [6.45, 7) is 0.631. The summed E-state index contributed by atoms with van der Waals surface area (Å²) in [6, 6.07) is 17.8. The Morgan fingerprint density at radius 1 is 1.00 bits per heavy atom. The lowest BCUT2D eigenvalue weighted by atomic mass is 10.1. The Labute approximate surface area is 113 Å². The number of rotatable bonds is 7. The highest BCUT2D eigenvalue weighted by molar-refractivity contribution is 5.75. The van der Waals surface area contributed by atoms with Gasteiger partial charge in [-0.1, -0.05) is 42.5 Å². The first-order chi connectivity index (χ1) is 9.40. The first kappa shape index (κ1) is 13.1. The Hall–Kier alpha value is -2.29. The van der Waals surface area contributed by atoms with Gasteiger partial charge in [0.2, 0.25) is 6.41 Å². The van der Waals surface area contributed by atoms with Crippen LogP contribution < -0.4 is 10.1 Å². The second kappa shape index (κ2) is 7.21. The topological polar surface area (TPSA) is 38.3 Å². The molecule has 0 unspecified atom stereocenters. The lowest BCUT2D eigenvalue weighted by molar-refractivity contribution is -0.105. The molecule has 3 heteroatoms. The van der Waals surface area contributed by atoms with Crippen molar-refractivity contribution in [1.82, 2.24) is 0 Å². The zero-order chi connectivity index (χ0) is 13.3. The molecule has 98 valence electrons. The normalized spacial score (nSPS) is 9.89. The number of benzene rings is 2. The third-order valence-corrected chi connectivity index (χ3v) is 2.81. The SMILES string of the molecule is O=CNc1ccccc1OCCCc1ccccc1. The van der Waals surface area contributed by atoms with Crippen LogP contribution in [0.5, 0.6) is 5.75 Å². The summed E-state index contributed by atoms with van der Waals surface area (Å²) in [6.07, 6.45) is 2.59. The number of amides is 1. The van der Waals surface area contributed by atoms with Gasteiger partial charge in [-0.25, -0.2) is 0 Å². The Morgan fingerprint density at radius 2 is 1.74 bits per heavy atom. The monoisotopic (exact) mass is 255 g/mol. The van der Waals surface area contributed by atoms with Gasteiger partial charge in [0.15, 0.2) is 0 Å². The lowest BCUT2D eigenvalue weighted by Crippen LogP contribution is -2.03. The molecule has 3 nitrogen and oxygen atoms in total. The quantitative estimate of drug-likeness (QED) is 0.609. The summed E-state index contributed by atoms with van der Waals surface area (Å²) in [4.78, 5) is 10.5. The van der Waals surface area contributed by atoms with E-state index in [9.17, 15) is 4.79 Å². The highest BCUT2D eigenvalue weighted by Gasteiger charge is 2.01. The van der Waals surface area contributed by atoms with Gasteiger partial charge >= 0.3 is 0 Å². The van der Waals surface area contributed by atoms with E-state index in [0.29, 0.717) is 24.5 Å². The molecule has 2 aromatic carbocycles.